The van der Waals surface area contributed by atoms with Gasteiger partial charge in [0.1, 0.15) is 5.75 Å². The van der Waals surface area contributed by atoms with Crippen LogP contribution in [0.2, 0.25) is 5.02 Å². The molecule has 0 heterocycles. The van der Waals surface area contributed by atoms with Crippen LogP contribution in [0.3, 0.4) is 0 Å². The zero-order valence-electron chi connectivity index (χ0n) is 12.4. The quantitative estimate of drug-likeness (QED) is 0.626. The Morgan fingerprint density at radius 3 is 2.52 bits per heavy atom. The van der Waals surface area contributed by atoms with E-state index in [0.717, 1.165) is 40.5 Å². The monoisotopic (exact) mass is 304 g/mol. The summed E-state index contributed by atoms with van der Waals surface area (Å²) in [7, 11) is 0. The molecule has 1 unspecified atom stereocenters. The molecule has 1 atom stereocenters. The number of hydrogen-bond donors (Lipinski definition) is 2. The third kappa shape index (κ3) is 3.76. The SMILES string of the molecule is CCCOc1ccc(C(NN)c2cccc(C)c2Cl)cc1. The van der Waals surface area contributed by atoms with Gasteiger partial charge in [-0.2, -0.15) is 0 Å². The van der Waals surface area contributed by atoms with Gasteiger partial charge in [0.25, 0.3) is 0 Å². The zero-order valence-corrected chi connectivity index (χ0v) is 13.2. The van der Waals surface area contributed by atoms with Crippen molar-refractivity contribution in [2.75, 3.05) is 6.61 Å². The van der Waals surface area contributed by atoms with E-state index in [2.05, 4.69) is 12.3 Å². The fraction of sp³-hybridized carbons (Fsp3) is 0.294. The van der Waals surface area contributed by atoms with E-state index in [1.54, 1.807) is 0 Å². The smallest absolute Gasteiger partial charge is 0.119 e. The summed E-state index contributed by atoms with van der Waals surface area (Å²) in [6.45, 7) is 4.80. The fourth-order valence-corrected chi connectivity index (χ4v) is 2.47. The molecular weight excluding hydrogens is 284 g/mol. The highest BCUT2D eigenvalue weighted by molar-refractivity contribution is 6.32. The van der Waals surface area contributed by atoms with Crippen molar-refractivity contribution in [3.8, 4) is 5.75 Å². The molecule has 0 bridgehead atoms. The summed E-state index contributed by atoms with van der Waals surface area (Å²) < 4.78 is 5.59. The minimum atomic E-state index is -0.141. The summed E-state index contributed by atoms with van der Waals surface area (Å²) >= 11 is 6.40. The lowest BCUT2D eigenvalue weighted by atomic mass is 9.97. The molecule has 0 aliphatic carbocycles. The lowest BCUT2D eigenvalue weighted by Crippen LogP contribution is -2.29. The van der Waals surface area contributed by atoms with Crippen LogP contribution in [-0.4, -0.2) is 6.61 Å². The van der Waals surface area contributed by atoms with Gasteiger partial charge in [-0.05, 0) is 42.2 Å². The van der Waals surface area contributed by atoms with Gasteiger partial charge in [0.05, 0.1) is 12.6 Å². The van der Waals surface area contributed by atoms with Crippen molar-refractivity contribution in [3.63, 3.8) is 0 Å². The molecule has 0 spiro atoms. The maximum Gasteiger partial charge on any atom is 0.119 e. The second-order valence-electron chi connectivity index (χ2n) is 5.00. The number of hydrogen-bond acceptors (Lipinski definition) is 3. The van der Waals surface area contributed by atoms with Crippen LogP contribution in [0.5, 0.6) is 5.75 Å². The minimum absolute atomic E-state index is 0.141. The van der Waals surface area contributed by atoms with Gasteiger partial charge in [-0.25, -0.2) is 5.43 Å². The van der Waals surface area contributed by atoms with Crippen molar-refractivity contribution >= 4 is 11.6 Å². The zero-order chi connectivity index (χ0) is 15.2. The predicted molar refractivity (Wildman–Crippen MR) is 87.6 cm³/mol. The Bertz CT molecular complexity index is 584. The molecule has 112 valence electrons. The molecule has 3 N–H and O–H groups in total. The summed E-state index contributed by atoms with van der Waals surface area (Å²) in [5.74, 6) is 6.60. The number of ether oxygens (including phenoxy) is 1. The van der Waals surface area contributed by atoms with Crippen molar-refractivity contribution < 1.29 is 4.74 Å². The second-order valence-corrected chi connectivity index (χ2v) is 5.37. The van der Waals surface area contributed by atoms with Crippen LogP contribution >= 0.6 is 11.6 Å². The Balaban J connectivity index is 2.27. The van der Waals surface area contributed by atoms with E-state index in [1.807, 2.05) is 49.4 Å². The lowest BCUT2D eigenvalue weighted by Gasteiger charge is -2.19. The van der Waals surface area contributed by atoms with Crippen LogP contribution in [-0.2, 0) is 0 Å². The van der Waals surface area contributed by atoms with Crippen molar-refractivity contribution in [1.29, 1.82) is 0 Å². The average molecular weight is 305 g/mol. The van der Waals surface area contributed by atoms with Gasteiger partial charge in [0.2, 0.25) is 0 Å². The van der Waals surface area contributed by atoms with Gasteiger partial charge in [-0.1, -0.05) is 48.9 Å². The molecule has 0 saturated carbocycles. The summed E-state index contributed by atoms with van der Waals surface area (Å²) in [5.41, 5.74) is 5.90. The fourth-order valence-electron chi connectivity index (χ4n) is 2.24. The Labute approximate surface area is 131 Å². The molecule has 0 amide bonds. The molecule has 21 heavy (non-hydrogen) atoms. The van der Waals surface area contributed by atoms with Gasteiger partial charge in [-0.15, -0.1) is 0 Å². The molecule has 0 aliphatic rings. The number of rotatable bonds is 6. The van der Waals surface area contributed by atoms with Gasteiger partial charge < -0.3 is 4.74 Å². The molecule has 0 radical (unpaired) electrons. The Morgan fingerprint density at radius 2 is 1.90 bits per heavy atom. The second kappa shape index (κ2) is 7.46. The summed E-state index contributed by atoms with van der Waals surface area (Å²) in [6, 6.07) is 13.8. The highest BCUT2D eigenvalue weighted by Crippen LogP contribution is 2.30. The molecule has 2 rings (SSSR count). The minimum Gasteiger partial charge on any atom is -0.494 e. The van der Waals surface area contributed by atoms with E-state index in [1.165, 1.54) is 0 Å². The molecule has 4 heteroatoms. The molecule has 0 fully saturated rings. The molecule has 2 aromatic carbocycles. The highest BCUT2D eigenvalue weighted by Gasteiger charge is 2.16. The molecule has 0 aromatic heterocycles. The number of halogens is 1. The van der Waals surface area contributed by atoms with E-state index < -0.39 is 0 Å². The van der Waals surface area contributed by atoms with E-state index in [-0.39, 0.29) is 6.04 Å². The largest absolute Gasteiger partial charge is 0.494 e. The van der Waals surface area contributed by atoms with Crippen LogP contribution in [0, 0.1) is 6.92 Å². The molecule has 0 aliphatic heterocycles. The topological polar surface area (TPSA) is 47.3 Å². The first-order chi connectivity index (χ1) is 10.2. The molecule has 2 aromatic rings. The third-order valence-corrected chi connectivity index (χ3v) is 3.90. The number of benzene rings is 2. The van der Waals surface area contributed by atoms with E-state index in [9.17, 15) is 0 Å². The van der Waals surface area contributed by atoms with Crippen LogP contribution in [0.15, 0.2) is 42.5 Å². The van der Waals surface area contributed by atoms with Crippen LogP contribution < -0.4 is 16.0 Å². The highest BCUT2D eigenvalue weighted by atomic mass is 35.5. The van der Waals surface area contributed by atoms with E-state index >= 15 is 0 Å². The number of nitrogens with two attached hydrogens (primary N) is 1. The van der Waals surface area contributed by atoms with Crippen molar-refractivity contribution in [1.82, 2.24) is 5.43 Å². The predicted octanol–water partition coefficient (Wildman–Crippen LogP) is 3.99. The van der Waals surface area contributed by atoms with Crippen LogP contribution in [0.1, 0.15) is 36.1 Å². The molecule has 3 nitrogen and oxygen atoms in total. The van der Waals surface area contributed by atoms with Crippen molar-refractivity contribution in [2.45, 2.75) is 26.3 Å². The average Bonchev–Trinajstić information content (AvgIpc) is 2.51. The Hall–Kier alpha value is -1.55. The Kier molecular flexibility index (Phi) is 5.62. The summed E-state index contributed by atoms with van der Waals surface area (Å²) in [5, 5.41) is 0.742. The first-order valence-electron chi connectivity index (χ1n) is 7.11. The van der Waals surface area contributed by atoms with Crippen LogP contribution in [0.25, 0.3) is 0 Å². The Morgan fingerprint density at radius 1 is 1.19 bits per heavy atom. The maximum absolute atomic E-state index is 6.40. The number of nitrogens with one attached hydrogen (secondary N) is 1. The van der Waals surface area contributed by atoms with Crippen molar-refractivity contribution in [2.24, 2.45) is 5.84 Å². The van der Waals surface area contributed by atoms with Gasteiger partial charge in [0.15, 0.2) is 0 Å². The summed E-state index contributed by atoms with van der Waals surface area (Å²) in [6.07, 6.45) is 0.994. The van der Waals surface area contributed by atoms with E-state index in [0.29, 0.717) is 0 Å². The van der Waals surface area contributed by atoms with Gasteiger partial charge >= 0.3 is 0 Å². The third-order valence-electron chi connectivity index (χ3n) is 3.39. The van der Waals surface area contributed by atoms with E-state index in [4.69, 9.17) is 22.2 Å². The maximum atomic E-state index is 6.40. The number of hydrazine groups is 1. The standard InChI is InChI=1S/C17H21ClN2O/c1-3-11-21-14-9-7-13(8-10-14)17(20-19)15-6-4-5-12(2)16(15)18/h4-10,17,20H,3,11,19H2,1-2H3. The first kappa shape index (κ1) is 15.8. The lowest BCUT2D eigenvalue weighted by molar-refractivity contribution is 0.317. The van der Waals surface area contributed by atoms with Crippen molar-refractivity contribution in [3.05, 3.63) is 64.2 Å². The van der Waals surface area contributed by atoms with Gasteiger partial charge in [-0.3, -0.25) is 5.84 Å². The number of aryl methyl sites for hydroxylation is 1. The van der Waals surface area contributed by atoms with Gasteiger partial charge in [0, 0.05) is 5.02 Å². The molecular formula is C17H21ClN2O. The summed E-state index contributed by atoms with van der Waals surface area (Å²) in [4.78, 5) is 0. The molecule has 0 saturated heterocycles. The van der Waals surface area contributed by atoms with Crippen LogP contribution in [0.4, 0.5) is 0 Å². The first-order valence-corrected chi connectivity index (χ1v) is 7.49. The normalized spacial score (nSPS) is 12.2.